The zero-order valence-corrected chi connectivity index (χ0v) is 86.8. The number of carboxylic acid groups (broad SMARTS) is 1. The lowest BCUT2D eigenvalue weighted by Crippen LogP contribution is -2.59. The van der Waals surface area contributed by atoms with Crippen LogP contribution in [0.25, 0.3) is 5.70 Å². The van der Waals surface area contributed by atoms with Crippen LogP contribution >= 0.6 is 91.5 Å². The van der Waals surface area contributed by atoms with Gasteiger partial charge in [-0.15, -0.1) is 69.9 Å². The summed E-state index contributed by atoms with van der Waals surface area (Å²) in [6.07, 6.45) is 11.4. The van der Waals surface area contributed by atoms with Crippen LogP contribution in [0.15, 0.2) is 155 Å². The average Bonchev–Trinajstić information content (AvgIpc) is 1.20. The van der Waals surface area contributed by atoms with Crippen molar-refractivity contribution in [3.8, 4) is 0 Å². The molecule has 2 fully saturated rings. The number of carbonyl (C=O) groups excluding carboxylic acids is 9. The van der Waals surface area contributed by atoms with Gasteiger partial charge in [0.25, 0.3) is 26.3 Å². The van der Waals surface area contributed by atoms with E-state index in [1.807, 2.05) is 0 Å². The van der Waals surface area contributed by atoms with Crippen molar-refractivity contribution >= 4 is 242 Å². The van der Waals surface area contributed by atoms with Gasteiger partial charge < -0.3 is 45.1 Å². The summed E-state index contributed by atoms with van der Waals surface area (Å²) in [6, 6.07) is 6.40. The number of ketones is 2. The summed E-state index contributed by atoms with van der Waals surface area (Å²) in [5.41, 5.74) is -2.88. The normalized spacial score (nSPS) is 17.8. The Morgan fingerprint density at radius 1 is 0.445 bits per heavy atom. The lowest BCUT2D eigenvalue weighted by Gasteiger charge is -2.37. The number of nitrogens with one attached hydrogen (secondary N) is 6. The number of aliphatic hydroxyl groups is 1. The molecular formula is C86H110Cl3F3N18O26S10. The number of hydrogen-bond donors (Lipinski definition) is 8. The number of hydrogen-bond acceptors (Lipinski definition) is 35. The van der Waals surface area contributed by atoms with Crippen LogP contribution in [0.3, 0.4) is 0 Å². The van der Waals surface area contributed by atoms with Crippen LogP contribution in [0.1, 0.15) is 184 Å². The summed E-state index contributed by atoms with van der Waals surface area (Å²) in [6.45, 7) is 19.0. The number of ether oxygens (including phenoxy) is 4. The number of aliphatic carboxylic acids is 1. The van der Waals surface area contributed by atoms with Gasteiger partial charge in [0.2, 0.25) is 11.8 Å². The highest BCUT2D eigenvalue weighted by Gasteiger charge is 2.48. The molecule has 0 saturated carbocycles. The third kappa shape index (κ3) is 39.1. The highest BCUT2D eigenvalue weighted by atomic mass is 35.5. The maximum absolute atomic E-state index is 13.4. The van der Waals surface area contributed by atoms with Gasteiger partial charge in [-0.3, -0.25) is 47.9 Å². The zero-order chi connectivity index (χ0) is 105. The van der Waals surface area contributed by atoms with Gasteiger partial charge in [0.15, 0.2) is 11.6 Å². The minimum absolute atomic E-state index is 0. The predicted molar refractivity (Wildman–Crippen MR) is 552 cm³/mol. The lowest BCUT2D eigenvalue weighted by molar-refractivity contribution is -0.158. The second-order valence-electron chi connectivity index (χ2n) is 33.1. The smallest absolute Gasteiger partial charge is 0.346 e. The minimum atomic E-state index is -4.48. The van der Waals surface area contributed by atoms with Crippen molar-refractivity contribution in [2.24, 2.45) is 13.2 Å². The van der Waals surface area contributed by atoms with Crippen LogP contribution in [0.5, 0.6) is 0 Å². The van der Waals surface area contributed by atoms with E-state index < -0.39 is 213 Å². The fraction of sp³-hybridized carbons (Fsp3) is 0.395. The van der Waals surface area contributed by atoms with E-state index in [0.29, 0.717) is 32.9 Å². The molecule has 0 bridgehead atoms. The van der Waals surface area contributed by atoms with Gasteiger partial charge >= 0.3 is 60.5 Å². The number of allylic oxidation sites excluding steroid dienone is 4. The summed E-state index contributed by atoms with van der Waals surface area (Å²) in [5, 5.41) is 34.5. The molecule has 802 valence electrons. The van der Waals surface area contributed by atoms with E-state index in [2.05, 4.69) is 68.2 Å². The Hall–Kier alpha value is -11.3. The monoisotopic (exact) mass is 2290 g/mol. The summed E-state index contributed by atoms with van der Waals surface area (Å²) in [4.78, 5) is 140. The van der Waals surface area contributed by atoms with E-state index in [4.69, 9.17) is 64.0 Å². The third-order valence-corrected chi connectivity index (χ3v) is 28.9. The number of anilines is 3. The molecule has 5 aliphatic rings. The molecule has 8 N–H and O–H groups in total. The van der Waals surface area contributed by atoms with Gasteiger partial charge in [0.1, 0.15) is 133 Å². The maximum Gasteiger partial charge on any atom is 0.346 e. The van der Waals surface area contributed by atoms with Crippen molar-refractivity contribution in [3.05, 3.63) is 200 Å². The highest BCUT2D eigenvalue weighted by molar-refractivity contribution is 7.89. The van der Waals surface area contributed by atoms with Crippen molar-refractivity contribution in [1.82, 2.24) is 56.3 Å². The molecule has 60 heteroatoms. The van der Waals surface area contributed by atoms with Gasteiger partial charge in [0.05, 0.1) is 38.5 Å². The number of amides is 3. The number of halogens is 6. The fourth-order valence-corrected chi connectivity index (χ4v) is 22.1. The standard InChI is InChI=1S/C19H22ClFN4O5S2.C19H18ClFN4O5S2.C15H14ClFN4O5S2.C14H17N3O5S2.C8H7N3O3S2.C6H12O3.5CH4/c2*1-19(2,3)30-16(26)10-25-15(17(27)23-11-4-5-13(21)12(20)8-11)9-14(24-32(25,28)29)18-22-6-7-31-18;16-9-5-8(1-2-10(9)17)19-14(24)12-6-11(15-18-3-4-27-15)20-28(25,26)21(12)7-13(22)23;1-9(18)11-7-10(13-15-5-6-23-13)16-24(20,21)17(11)8-12(19)22-14(2,3)4;1-5(12)6-4-7(8-9-2-3-15-8)11-16(13,14)10-6;1-6(2,3)9-5(8)4-7;;;;;/h4-8,14-15,24H,9-10H2,1-3H3,(H,23,27);4-9H,10H2,1-3H3,(H,23,27);1-5,11-12,20H,6-7H2,(H,19,24)(H,22,23);5-7H,8H2,1-4H3;2-4,11H,1H3;7H,4H2,1-3H3;5*1H4. The van der Waals surface area contributed by atoms with Gasteiger partial charge in [-0.1, -0.05) is 71.9 Å². The number of esters is 4. The molecule has 146 heavy (non-hydrogen) atoms. The third-order valence-electron chi connectivity index (χ3n) is 17.1. The van der Waals surface area contributed by atoms with E-state index in [0.717, 1.165) is 33.8 Å². The van der Waals surface area contributed by atoms with Gasteiger partial charge in [-0.2, -0.15) is 60.1 Å². The fourth-order valence-electron chi connectivity index (χ4n) is 11.8. The Morgan fingerprint density at radius 3 is 1.10 bits per heavy atom. The van der Waals surface area contributed by atoms with Crippen LogP contribution in [-0.2, 0) is 118 Å². The Labute approximate surface area is 878 Å². The quantitative estimate of drug-likeness (QED) is 0.0231. The second-order valence-corrected chi connectivity index (χ2v) is 46.6. The molecule has 13 rings (SSSR count). The number of thiazole rings is 5. The number of carbonyl (C=O) groups is 10. The number of aliphatic hydroxyl groups excluding tert-OH is 1. The maximum atomic E-state index is 13.4. The van der Waals surface area contributed by atoms with Crippen LogP contribution in [-0.4, -0.2) is 238 Å². The molecule has 3 amide bonds. The molecule has 3 aromatic carbocycles. The Bertz CT molecular complexity index is 6800. The number of Topliss-reactive ketones (excluding diaryl/α,β-unsaturated/α-hetero) is 2. The van der Waals surface area contributed by atoms with Crippen molar-refractivity contribution < 1.29 is 132 Å². The topological polar surface area (TPSA) is 605 Å². The molecule has 4 unspecified atom stereocenters. The predicted octanol–water partition coefficient (Wildman–Crippen LogP) is 12.8. The molecule has 0 spiro atoms. The summed E-state index contributed by atoms with van der Waals surface area (Å²) in [7, 11) is -21.1. The Balaban J connectivity index is 0.000000461. The van der Waals surface area contributed by atoms with Crippen molar-refractivity contribution in [3.63, 3.8) is 0 Å². The number of aromatic nitrogens is 5. The van der Waals surface area contributed by atoms with Gasteiger partial charge in [-0.25, -0.2) is 51.5 Å². The summed E-state index contributed by atoms with van der Waals surface area (Å²) < 4.78 is 205. The number of rotatable bonds is 22. The first kappa shape index (κ1) is 129. The molecule has 44 nitrogen and oxygen atoms in total. The van der Waals surface area contributed by atoms with Crippen LogP contribution in [0, 0.1) is 17.5 Å². The molecule has 0 aliphatic carbocycles. The molecule has 8 aromatic rings. The highest BCUT2D eigenvalue weighted by Crippen LogP contribution is 2.36. The molecule has 2 saturated heterocycles. The molecule has 10 heterocycles. The van der Waals surface area contributed by atoms with Gasteiger partial charge in [-0.05, 0) is 169 Å². The Kier molecular flexibility index (Phi) is 47.8. The SMILES string of the molecule is C.C.C.C.C.CC(=O)C1=CC(c2nccs2)=NS(=O)(=O)N1CC(=O)OC(C)(C)C.CC(=O)C1=NS(=O)(=O)NC(c2nccs2)=C1.CC(C)(C)OC(=O)CN1C(C(=O)Nc2ccc(F)c(Cl)c2)=CC(c2nccs2)=NS1(=O)=O.CC(C)(C)OC(=O)CN1C(C(=O)Nc2ccc(F)c(Cl)c2)CC(c2nccs2)NS1(=O)=O.CC(C)(C)OC(=O)CO.O=C(O)CN1C(C(=O)Nc2ccc(F)c(Cl)c2)CC(c2nccs2)NS1(=O)=O. The first-order chi connectivity index (χ1) is 65.3. The van der Waals surface area contributed by atoms with Crippen molar-refractivity contribution in [1.29, 1.82) is 0 Å². The lowest BCUT2D eigenvalue weighted by atomic mass is 10.1. The second kappa shape index (κ2) is 54.1. The van der Waals surface area contributed by atoms with Crippen LogP contribution < -0.4 is 30.1 Å². The zero-order valence-electron chi connectivity index (χ0n) is 76.4. The largest absolute Gasteiger partial charge is 0.480 e. The minimum Gasteiger partial charge on any atom is -0.480 e. The van der Waals surface area contributed by atoms with E-state index in [9.17, 15) is 103 Å². The number of nitrogens with zero attached hydrogens (tertiary/aromatic N) is 12. The van der Waals surface area contributed by atoms with Gasteiger partial charge in [0, 0.05) is 88.8 Å². The molecule has 4 atom stereocenters. The number of carboxylic acids is 1. The van der Waals surface area contributed by atoms with E-state index in [1.54, 1.807) is 116 Å². The van der Waals surface area contributed by atoms with Crippen molar-refractivity contribution in [2.45, 2.75) is 193 Å². The summed E-state index contributed by atoms with van der Waals surface area (Å²) in [5.74, 6) is -9.75. The summed E-state index contributed by atoms with van der Waals surface area (Å²) >= 11 is 23.2. The Morgan fingerprint density at radius 2 is 0.781 bits per heavy atom. The molecular weight excluding hydrogens is 2190 g/mol. The van der Waals surface area contributed by atoms with E-state index in [-0.39, 0.29) is 116 Å². The molecule has 0 radical (unpaired) electrons. The van der Waals surface area contributed by atoms with Crippen LogP contribution in [0.2, 0.25) is 15.1 Å². The van der Waals surface area contributed by atoms with Crippen molar-refractivity contribution in [2.75, 3.05) is 48.7 Å². The average molecular weight is 2300 g/mol. The molecule has 5 aliphatic heterocycles. The van der Waals surface area contributed by atoms with Crippen LogP contribution in [0.4, 0.5) is 30.2 Å². The molecule has 5 aromatic heterocycles. The first-order valence-electron chi connectivity index (χ1n) is 40.4. The van der Waals surface area contributed by atoms with E-state index in [1.165, 1.54) is 139 Å². The van der Waals surface area contributed by atoms with E-state index >= 15 is 0 Å². The first-order valence-corrected chi connectivity index (χ1v) is 53.1. The number of benzene rings is 3.